The third-order valence-electron chi connectivity index (χ3n) is 10.1. The van der Waals surface area contributed by atoms with E-state index in [1.807, 2.05) is 18.2 Å². The largest absolute Gasteiger partial charge is 0.496 e. The zero-order valence-electron chi connectivity index (χ0n) is 26.5. The van der Waals surface area contributed by atoms with Crippen molar-refractivity contribution in [3.63, 3.8) is 0 Å². The maximum atomic E-state index is 14.1. The van der Waals surface area contributed by atoms with Gasteiger partial charge in [-0.05, 0) is 124 Å². The first-order chi connectivity index (χ1) is 19.4. The molecule has 5 heteroatoms. The number of nitrogens with zero attached hydrogens (tertiary/aromatic N) is 1. The lowest BCUT2D eigenvalue weighted by atomic mass is 9.78. The molecule has 0 radical (unpaired) electrons. The van der Waals surface area contributed by atoms with Crippen molar-refractivity contribution in [2.75, 3.05) is 18.6 Å². The van der Waals surface area contributed by atoms with Crippen molar-refractivity contribution in [3.05, 3.63) is 59.2 Å². The number of ether oxygens (including phenoxy) is 1. The summed E-state index contributed by atoms with van der Waals surface area (Å²) in [6, 6.07) is 14.6. The van der Waals surface area contributed by atoms with Gasteiger partial charge in [0.05, 0.1) is 7.11 Å². The number of aryl methyl sites for hydroxylation is 1. The van der Waals surface area contributed by atoms with Gasteiger partial charge in [-0.1, -0.05) is 44.9 Å². The Bertz CT molecular complexity index is 1220. The molecule has 2 aliphatic rings. The predicted molar refractivity (Wildman–Crippen MR) is 173 cm³/mol. The molecular formula is C36H51NO3Si. The Kier molecular flexibility index (Phi) is 10.1. The fraction of sp³-hybridized carbons (Fsp3) is 0.583. The van der Waals surface area contributed by atoms with Gasteiger partial charge in [-0.3, -0.25) is 4.79 Å². The predicted octanol–water partition coefficient (Wildman–Crippen LogP) is 8.87. The highest BCUT2D eigenvalue weighted by molar-refractivity contribution is 6.74. The van der Waals surface area contributed by atoms with Crippen molar-refractivity contribution in [2.24, 2.45) is 11.8 Å². The number of methoxy groups -OCH3 is 1. The topological polar surface area (TPSA) is 38.8 Å². The quantitative estimate of drug-likeness (QED) is 0.234. The van der Waals surface area contributed by atoms with E-state index in [1.54, 1.807) is 7.11 Å². The fourth-order valence-electron chi connectivity index (χ4n) is 6.42. The van der Waals surface area contributed by atoms with Gasteiger partial charge >= 0.3 is 0 Å². The summed E-state index contributed by atoms with van der Waals surface area (Å²) in [5.74, 6) is 5.08. The van der Waals surface area contributed by atoms with Crippen LogP contribution in [0.1, 0.15) is 94.7 Å². The smallest absolute Gasteiger partial charge is 0.230 e. The van der Waals surface area contributed by atoms with Crippen LogP contribution in [-0.4, -0.2) is 34.0 Å². The van der Waals surface area contributed by atoms with Gasteiger partial charge < -0.3 is 14.1 Å². The molecule has 0 heterocycles. The molecule has 2 aromatic rings. The summed E-state index contributed by atoms with van der Waals surface area (Å²) < 4.78 is 12.2. The van der Waals surface area contributed by atoms with Crippen molar-refractivity contribution in [1.82, 2.24) is 0 Å². The molecule has 0 aromatic heterocycles. The van der Waals surface area contributed by atoms with Crippen LogP contribution in [0.5, 0.6) is 5.75 Å². The molecule has 0 bridgehead atoms. The molecule has 222 valence electrons. The van der Waals surface area contributed by atoms with Crippen molar-refractivity contribution < 1.29 is 14.0 Å². The Morgan fingerprint density at radius 1 is 1.00 bits per heavy atom. The second-order valence-corrected chi connectivity index (χ2v) is 18.7. The van der Waals surface area contributed by atoms with Crippen molar-refractivity contribution in [3.8, 4) is 18.1 Å². The highest BCUT2D eigenvalue weighted by Crippen LogP contribution is 2.41. The molecule has 41 heavy (non-hydrogen) atoms. The Morgan fingerprint density at radius 2 is 1.68 bits per heavy atom. The fourth-order valence-corrected chi connectivity index (χ4v) is 7.84. The van der Waals surface area contributed by atoms with E-state index in [9.17, 15) is 4.79 Å². The number of carbonyl (C=O) groups excluding carboxylic acids is 1. The van der Waals surface area contributed by atoms with Crippen LogP contribution in [0.4, 0.5) is 5.69 Å². The van der Waals surface area contributed by atoms with Gasteiger partial charge in [0.2, 0.25) is 5.91 Å². The van der Waals surface area contributed by atoms with Crippen LogP contribution in [-0.2, 0) is 9.22 Å². The second kappa shape index (κ2) is 13.2. The number of amides is 1. The summed E-state index contributed by atoms with van der Waals surface area (Å²) in [4.78, 5) is 16.2. The molecule has 2 fully saturated rings. The van der Waals surface area contributed by atoms with E-state index < -0.39 is 8.32 Å². The summed E-state index contributed by atoms with van der Waals surface area (Å²) in [5.41, 5.74) is 4.37. The monoisotopic (exact) mass is 573 g/mol. The average Bonchev–Trinajstić information content (AvgIpc) is 2.95. The van der Waals surface area contributed by atoms with Crippen molar-refractivity contribution in [1.29, 1.82) is 0 Å². The molecule has 4 nitrogen and oxygen atoms in total. The van der Waals surface area contributed by atoms with Gasteiger partial charge in [-0.15, -0.1) is 6.42 Å². The number of anilines is 1. The maximum absolute atomic E-state index is 14.1. The van der Waals surface area contributed by atoms with Crippen molar-refractivity contribution in [2.45, 2.75) is 109 Å². The lowest BCUT2D eigenvalue weighted by Gasteiger charge is -2.41. The lowest BCUT2D eigenvalue weighted by Crippen LogP contribution is -2.46. The number of hydrogen-bond donors (Lipinski definition) is 0. The van der Waals surface area contributed by atoms with Crippen LogP contribution in [0.25, 0.3) is 0 Å². The molecular weight excluding hydrogens is 522 g/mol. The van der Waals surface area contributed by atoms with Crippen LogP contribution in [0.2, 0.25) is 18.1 Å². The molecule has 2 aromatic carbocycles. The summed E-state index contributed by atoms with van der Waals surface area (Å²) >= 11 is 0. The molecule has 0 atom stereocenters. The third kappa shape index (κ3) is 7.65. The normalized spacial score (nSPS) is 23.5. The summed E-state index contributed by atoms with van der Waals surface area (Å²) in [5, 5.41) is 0.198. The van der Waals surface area contributed by atoms with Crippen LogP contribution in [0.15, 0.2) is 42.5 Å². The first kappa shape index (κ1) is 31.4. The molecule has 0 saturated heterocycles. The highest BCUT2D eigenvalue weighted by Gasteiger charge is 2.41. The number of rotatable bonds is 8. The highest BCUT2D eigenvalue weighted by atomic mass is 28.4. The van der Waals surface area contributed by atoms with Gasteiger partial charge in [-0.2, -0.15) is 0 Å². The summed E-state index contributed by atoms with van der Waals surface area (Å²) in [6.45, 7) is 14.4. The van der Waals surface area contributed by atoms with Gasteiger partial charge in [-0.25, -0.2) is 0 Å². The van der Waals surface area contributed by atoms with E-state index in [-0.39, 0.29) is 23.0 Å². The van der Waals surface area contributed by atoms with Gasteiger partial charge in [0.15, 0.2) is 8.32 Å². The van der Waals surface area contributed by atoms with E-state index in [2.05, 4.69) is 75.9 Å². The van der Waals surface area contributed by atoms with E-state index in [1.165, 1.54) is 11.1 Å². The first-order valence-corrected chi connectivity index (χ1v) is 18.5. The zero-order chi connectivity index (χ0) is 29.8. The van der Waals surface area contributed by atoms with Crippen LogP contribution in [0.3, 0.4) is 0 Å². The van der Waals surface area contributed by atoms with Gasteiger partial charge in [0.25, 0.3) is 0 Å². The summed E-state index contributed by atoms with van der Waals surface area (Å²) in [7, 11) is -0.0843. The minimum atomic E-state index is -1.81. The minimum absolute atomic E-state index is 0.0439. The van der Waals surface area contributed by atoms with Crippen molar-refractivity contribution >= 4 is 19.9 Å². The standard InChI is InChI=1S/C36H51NO3Si/c1-9-27-11-10-12-32(24-27)37(35(38)30-17-20-33(21-18-30)40-41(7,8)36(3,4)5)25-28-13-15-29(16-14-28)31-19-22-34(39-6)26(2)23-31/h1,10-12,19,22-24,28-30,33H,13-18,20-21,25H2,2-8H3/t28-,29-,30?,33?. The first-order valence-electron chi connectivity index (χ1n) is 15.6. The average molecular weight is 574 g/mol. The zero-order valence-corrected chi connectivity index (χ0v) is 27.5. The van der Waals surface area contributed by atoms with Gasteiger partial charge in [0.1, 0.15) is 5.75 Å². The molecule has 0 aliphatic heterocycles. The number of hydrogen-bond acceptors (Lipinski definition) is 3. The Balaban J connectivity index is 1.42. The Morgan fingerprint density at radius 3 is 2.27 bits per heavy atom. The Hall–Kier alpha value is -2.55. The van der Waals surface area contributed by atoms with Crippen LogP contribution in [0, 0.1) is 31.1 Å². The van der Waals surface area contributed by atoms with Crippen LogP contribution >= 0.6 is 0 Å². The SMILES string of the molecule is C#Cc1cccc(N(C[C@H]2CC[C@H](c3ccc(OC)c(C)c3)CC2)C(=O)C2CCC(O[Si](C)(C)C(C)(C)C)CC2)c1. The molecule has 0 unspecified atom stereocenters. The number of terminal acetylenes is 1. The summed E-state index contributed by atoms with van der Waals surface area (Å²) in [6.07, 6.45) is 14.3. The number of carbonyl (C=O) groups is 1. The molecule has 0 spiro atoms. The molecule has 2 aliphatic carbocycles. The molecule has 2 saturated carbocycles. The van der Waals surface area contributed by atoms with E-state index in [0.717, 1.165) is 74.9 Å². The number of benzene rings is 2. The van der Waals surface area contributed by atoms with E-state index >= 15 is 0 Å². The molecule has 0 N–H and O–H groups in total. The molecule has 1 amide bonds. The van der Waals surface area contributed by atoms with Gasteiger partial charge in [0, 0.05) is 29.8 Å². The maximum Gasteiger partial charge on any atom is 0.230 e. The lowest BCUT2D eigenvalue weighted by molar-refractivity contribution is -0.124. The second-order valence-electron chi connectivity index (χ2n) is 13.9. The minimum Gasteiger partial charge on any atom is -0.496 e. The molecule has 4 rings (SSSR count). The Labute approximate surface area is 250 Å². The third-order valence-corrected chi connectivity index (χ3v) is 14.6. The van der Waals surface area contributed by atoms with Crippen LogP contribution < -0.4 is 9.64 Å². The van der Waals surface area contributed by atoms with E-state index in [4.69, 9.17) is 15.6 Å². The van der Waals surface area contributed by atoms with E-state index in [0.29, 0.717) is 11.8 Å².